The van der Waals surface area contributed by atoms with Crippen LogP contribution in [0.2, 0.25) is 0 Å². The van der Waals surface area contributed by atoms with E-state index in [2.05, 4.69) is 47.1 Å². The number of benzene rings is 1. The van der Waals surface area contributed by atoms with Crippen LogP contribution in [0.5, 0.6) is 0 Å². The fourth-order valence-electron chi connectivity index (χ4n) is 2.53. The molecule has 0 spiro atoms. The number of hydrogen-bond acceptors (Lipinski definition) is 0. The normalized spacial score (nSPS) is 19.3. The van der Waals surface area contributed by atoms with E-state index in [1.54, 1.807) is 0 Å². The summed E-state index contributed by atoms with van der Waals surface area (Å²) in [7, 11) is 0. The van der Waals surface area contributed by atoms with Gasteiger partial charge in [-0.15, -0.1) is 0 Å². The number of rotatable bonds is 3. The third kappa shape index (κ3) is 2.84. The van der Waals surface area contributed by atoms with E-state index >= 15 is 0 Å². The van der Waals surface area contributed by atoms with Crippen molar-refractivity contribution in [3.63, 3.8) is 0 Å². The lowest BCUT2D eigenvalue weighted by Gasteiger charge is -2.18. The van der Waals surface area contributed by atoms with E-state index < -0.39 is 0 Å². The van der Waals surface area contributed by atoms with Crippen LogP contribution in [0.3, 0.4) is 0 Å². The minimum Gasteiger partial charge on any atom is -0.0884 e. The summed E-state index contributed by atoms with van der Waals surface area (Å²) in [6.07, 6.45) is 6.89. The second kappa shape index (κ2) is 5.16. The lowest BCUT2D eigenvalue weighted by atomic mass is 9.96. The summed E-state index contributed by atoms with van der Waals surface area (Å²) in [4.78, 5) is 0.682. The van der Waals surface area contributed by atoms with Crippen LogP contribution in [0.15, 0.2) is 24.3 Å². The van der Waals surface area contributed by atoms with Crippen LogP contribution in [-0.2, 0) is 6.42 Å². The molecule has 0 amide bonds. The molecule has 1 heteroatoms. The van der Waals surface area contributed by atoms with Gasteiger partial charge < -0.3 is 0 Å². The molecule has 0 aliphatic heterocycles. The highest BCUT2D eigenvalue weighted by atomic mass is 79.9. The van der Waals surface area contributed by atoms with Crippen LogP contribution in [0, 0.1) is 12.8 Å². The predicted molar refractivity (Wildman–Crippen MR) is 69.6 cm³/mol. The van der Waals surface area contributed by atoms with Crippen molar-refractivity contribution in [1.82, 2.24) is 0 Å². The van der Waals surface area contributed by atoms with Gasteiger partial charge in [-0.05, 0) is 43.2 Å². The average molecular weight is 267 g/mol. The molecular formula is C14H19Br. The van der Waals surface area contributed by atoms with E-state index in [-0.39, 0.29) is 0 Å². The molecule has 1 fully saturated rings. The maximum Gasteiger partial charge on any atom is 0.0214 e. The van der Waals surface area contributed by atoms with Gasteiger partial charge >= 0.3 is 0 Å². The summed E-state index contributed by atoms with van der Waals surface area (Å²) in [6.45, 7) is 2.21. The molecule has 1 aromatic rings. The van der Waals surface area contributed by atoms with Gasteiger partial charge in [0.2, 0.25) is 0 Å². The lowest BCUT2D eigenvalue weighted by molar-refractivity contribution is 0.525. The van der Waals surface area contributed by atoms with Crippen LogP contribution in [0.25, 0.3) is 0 Å². The molecule has 0 bridgehead atoms. The quantitative estimate of drug-likeness (QED) is 0.708. The number of halogens is 1. The molecule has 82 valence electrons. The first-order chi connectivity index (χ1) is 7.27. The van der Waals surface area contributed by atoms with Gasteiger partial charge in [-0.1, -0.05) is 53.0 Å². The van der Waals surface area contributed by atoms with Gasteiger partial charge in [0.1, 0.15) is 0 Å². The highest BCUT2D eigenvalue weighted by molar-refractivity contribution is 9.09. The predicted octanol–water partition coefficient (Wildman–Crippen LogP) is 4.49. The van der Waals surface area contributed by atoms with Gasteiger partial charge in [-0.3, -0.25) is 0 Å². The van der Waals surface area contributed by atoms with E-state index in [1.807, 2.05) is 0 Å². The first-order valence-corrected chi connectivity index (χ1v) is 6.87. The molecule has 0 saturated heterocycles. The maximum atomic E-state index is 3.88. The zero-order chi connectivity index (χ0) is 10.7. The molecular weight excluding hydrogens is 248 g/mol. The van der Waals surface area contributed by atoms with Crippen LogP contribution in [0.4, 0.5) is 0 Å². The molecule has 0 aromatic heterocycles. The van der Waals surface area contributed by atoms with Gasteiger partial charge in [0, 0.05) is 4.83 Å². The molecule has 1 aliphatic rings. The van der Waals surface area contributed by atoms with Crippen molar-refractivity contribution in [3.8, 4) is 0 Å². The van der Waals surface area contributed by atoms with Gasteiger partial charge in [0.15, 0.2) is 0 Å². The second-order valence-electron chi connectivity index (χ2n) is 4.69. The van der Waals surface area contributed by atoms with E-state index in [4.69, 9.17) is 0 Å². The van der Waals surface area contributed by atoms with E-state index in [1.165, 1.54) is 43.2 Å². The molecule has 1 atom stereocenters. The van der Waals surface area contributed by atoms with Crippen LogP contribution in [-0.4, -0.2) is 4.83 Å². The molecule has 0 N–H and O–H groups in total. The minimum atomic E-state index is 0.682. The van der Waals surface area contributed by atoms with Crippen molar-refractivity contribution in [2.24, 2.45) is 5.92 Å². The summed E-state index contributed by atoms with van der Waals surface area (Å²) in [6, 6.07) is 8.75. The lowest BCUT2D eigenvalue weighted by Crippen LogP contribution is -2.14. The second-order valence-corrected chi connectivity index (χ2v) is 5.87. The number of aryl methyl sites for hydroxylation is 1. The summed E-state index contributed by atoms with van der Waals surface area (Å²) >= 11 is 3.88. The smallest absolute Gasteiger partial charge is 0.0214 e. The van der Waals surface area contributed by atoms with Crippen molar-refractivity contribution >= 4 is 15.9 Å². The monoisotopic (exact) mass is 266 g/mol. The van der Waals surface area contributed by atoms with E-state index in [0.29, 0.717) is 4.83 Å². The molecule has 0 heterocycles. The van der Waals surface area contributed by atoms with E-state index in [9.17, 15) is 0 Å². The first-order valence-electron chi connectivity index (χ1n) is 5.96. The fraction of sp³-hybridized carbons (Fsp3) is 0.571. The molecule has 1 unspecified atom stereocenters. The van der Waals surface area contributed by atoms with Gasteiger partial charge in [0.05, 0.1) is 0 Å². The Morgan fingerprint density at radius 3 is 2.60 bits per heavy atom. The highest BCUT2D eigenvalue weighted by Gasteiger charge is 2.23. The third-order valence-corrected chi connectivity index (χ3v) is 4.66. The van der Waals surface area contributed by atoms with E-state index in [0.717, 1.165) is 5.92 Å². The number of alkyl halides is 1. The summed E-state index contributed by atoms with van der Waals surface area (Å²) < 4.78 is 0. The molecule has 2 rings (SSSR count). The van der Waals surface area contributed by atoms with Crippen molar-refractivity contribution in [1.29, 1.82) is 0 Å². The van der Waals surface area contributed by atoms with Gasteiger partial charge in [-0.25, -0.2) is 0 Å². The summed E-state index contributed by atoms with van der Waals surface area (Å²) in [5.74, 6) is 0.907. The van der Waals surface area contributed by atoms with Crippen LogP contribution < -0.4 is 0 Å². The Morgan fingerprint density at radius 1 is 1.27 bits per heavy atom. The Kier molecular flexibility index (Phi) is 3.85. The van der Waals surface area contributed by atoms with Crippen molar-refractivity contribution in [3.05, 3.63) is 35.4 Å². The van der Waals surface area contributed by atoms with Crippen LogP contribution in [0.1, 0.15) is 36.8 Å². The largest absolute Gasteiger partial charge is 0.0884 e. The third-order valence-electron chi connectivity index (χ3n) is 3.59. The van der Waals surface area contributed by atoms with Crippen molar-refractivity contribution in [2.45, 2.75) is 43.9 Å². The zero-order valence-electron chi connectivity index (χ0n) is 9.38. The first kappa shape index (κ1) is 11.2. The standard InChI is InChI=1S/C14H19Br/c1-11-6-2-3-9-13(11)10-14(15)12-7-4-5-8-12/h2-3,6,9,12,14H,4-5,7-8,10H2,1H3. The summed E-state index contributed by atoms with van der Waals surface area (Å²) in [5, 5.41) is 0. The topological polar surface area (TPSA) is 0 Å². The molecule has 1 aromatic carbocycles. The van der Waals surface area contributed by atoms with Crippen molar-refractivity contribution in [2.75, 3.05) is 0 Å². The SMILES string of the molecule is Cc1ccccc1CC(Br)C1CCCC1. The Morgan fingerprint density at radius 2 is 1.93 bits per heavy atom. The van der Waals surface area contributed by atoms with Crippen LogP contribution >= 0.6 is 15.9 Å². The zero-order valence-corrected chi connectivity index (χ0v) is 11.0. The molecule has 0 nitrogen and oxygen atoms in total. The average Bonchev–Trinajstić information content (AvgIpc) is 2.74. The van der Waals surface area contributed by atoms with Gasteiger partial charge in [-0.2, -0.15) is 0 Å². The minimum absolute atomic E-state index is 0.682. The molecule has 1 saturated carbocycles. The Balaban J connectivity index is 1.99. The molecule has 0 radical (unpaired) electrons. The Hall–Kier alpha value is -0.300. The Labute approximate surface area is 101 Å². The highest BCUT2D eigenvalue weighted by Crippen LogP contribution is 2.33. The number of hydrogen-bond donors (Lipinski definition) is 0. The summed E-state index contributed by atoms with van der Waals surface area (Å²) in [5.41, 5.74) is 2.94. The fourth-order valence-corrected chi connectivity index (χ4v) is 3.41. The van der Waals surface area contributed by atoms with Crippen molar-refractivity contribution < 1.29 is 0 Å². The molecule has 1 aliphatic carbocycles. The Bertz CT molecular complexity index is 313. The van der Waals surface area contributed by atoms with Gasteiger partial charge in [0.25, 0.3) is 0 Å². The molecule has 15 heavy (non-hydrogen) atoms. The maximum absolute atomic E-state index is 3.88.